The smallest absolute Gasteiger partial charge is 0.257 e. The Morgan fingerprint density at radius 1 is 1.36 bits per heavy atom. The average molecular weight is 320 g/mol. The van der Waals surface area contributed by atoms with Crippen LogP contribution in [-0.4, -0.2) is 36.4 Å². The van der Waals surface area contributed by atoms with Crippen molar-refractivity contribution in [1.29, 1.82) is 0 Å². The van der Waals surface area contributed by atoms with E-state index in [4.69, 9.17) is 14.0 Å². The second-order valence-electron chi connectivity index (χ2n) is 4.79. The quantitative estimate of drug-likeness (QED) is 0.853. The molecule has 1 aromatic heterocycles. The van der Waals surface area contributed by atoms with Gasteiger partial charge in [0.2, 0.25) is 6.79 Å². The molecule has 0 spiro atoms. The lowest BCUT2D eigenvalue weighted by Crippen LogP contribution is -2.26. The first-order chi connectivity index (χ1) is 10.7. The highest BCUT2D eigenvalue weighted by atomic mass is 32.2. The molecule has 0 saturated carbocycles. The van der Waals surface area contributed by atoms with Crippen molar-refractivity contribution in [3.63, 3.8) is 0 Å². The Balaban J connectivity index is 1.90. The summed E-state index contributed by atoms with van der Waals surface area (Å²) < 4.78 is 16.0. The van der Waals surface area contributed by atoms with Crippen molar-refractivity contribution in [2.45, 2.75) is 6.92 Å². The van der Waals surface area contributed by atoms with Crippen molar-refractivity contribution in [3.05, 3.63) is 29.5 Å². The number of carbonyl (C=O) groups is 1. The summed E-state index contributed by atoms with van der Waals surface area (Å²) in [7, 11) is 0. The first-order valence-corrected chi connectivity index (χ1v) is 8.23. The molecule has 1 aliphatic rings. The molecule has 22 heavy (non-hydrogen) atoms. The molecule has 116 valence electrons. The van der Waals surface area contributed by atoms with E-state index in [-0.39, 0.29) is 12.7 Å². The van der Waals surface area contributed by atoms with Gasteiger partial charge in [0.1, 0.15) is 5.56 Å². The lowest BCUT2D eigenvalue weighted by molar-refractivity contribution is 0.0956. The highest BCUT2D eigenvalue weighted by molar-refractivity contribution is 7.98. The Morgan fingerprint density at radius 2 is 2.18 bits per heavy atom. The van der Waals surface area contributed by atoms with Crippen LogP contribution in [0, 0.1) is 6.92 Å². The van der Waals surface area contributed by atoms with Crippen molar-refractivity contribution in [2.75, 3.05) is 25.3 Å². The third kappa shape index (κ3) is 2.76. The zero-order valence-corrected chi connectivity index (χ0v) is 13.2. The highest BCUT2D eigenvalue weighted by Crippen LogP contribution is 2.37. The van der Waals surface area contributed by atoms with Crippen LogP contribution in [0.25, 0.3) is 11.3 Å². The number of carbonyl (C=O) groups excluding carboxylic acids is 1. The van der Waals surface area contributed by atoms with Gasteiger partial charge in [0, 0.05) is 17.9 Å². The number of benzene rings is 1. The van der Waals surface area contributed by atoms with Gasteiger partial charge in [-0.25, -0.2) is 0 Å². The largest absolute Gasteiger partial charge is 0.454 e. The predicted molar refractivity (Wildman–Crippen MR) is 83.5 cm³/mol. The van der Waals surface area contributed by atoms with Gasteiger partial charge in [-0.1, -0.05) is 5.16 Å². The average Bonchev–Trinajstić information content (AvgIpc) is 3.12. The third-order valence-corrected chi connectivity index (χ3v) is 3.93. The van der Waals surface area contributed by atoms with Crippen LogP contribution in [0.2, 0.25) is 0 Å². The maximum atomic E-state index is 12.4. The SMILES string of the molecule is CSCCNC(=O)c1c(C)noc1-c1ccc2c(c1)OCO2. The lowest BCUT2D eigenvalue weighted by atomic mass is 10.1. The summed E-state index contributed by atoms with van der Waals surface area (Å²) in [6.07, 6.45) is 1.99. The molecule has 1 aromatic carbocycles. The fraction of sp³-hybridized carbons (Fsp3) is 0.333. The number of hydrogen-bond acceptors (Lipinski definition) is 6. The topological polar surface area (TPSA) is 73.6 Å². The monoisotopic (exact) mass is 320 g/mol. The fourth-order valence-corrected chi connectivity index (χ4v) is 2.53. The number of aromatic nitrogens is 1. The van der Waals surface area contributed by atoms with E-state index in [1.165, 1.54) is 0 Å². The zero-order chi connectivity index (χ0) is 15.5. The molecule has 1 N–H and O–H groups in total. The van der Waals surface area contributed by atoms with E-state index in [0.717, 1.165) is 11.3 Å². The molecular weight excluding hydrogens is 304 g/mol. The standard InChI is InChI=1S/C15H16N2O4S/c1-9-13(15(18)16-5-6-22-2)14(21-17-9)10-3-4-11-12(7-10)20-8-19-11/h3-4,7H,5-6,8H2,1-2H3,(H,16,18). The number of amides is 1. The minimum atomic E-state index is -0.180. The number of rotatable bonds is 5. The lowest BCUT2D eigenvalue weighted by Gasteiger charge is -2.05. The first kappa shape index (κ1) is 14.8. The molecule has 2 aromatic rings. The second kappa shape index (κ2) is 6.31. The predicted octanol–water partition coefficient (Wildman–Crippen LogP) is 2.47. The minimum Gasteiger partial charge on any atom is -0.454 e. The third-order valence-electron chi connectivity index (χ3n) is 3.32. The molecule has 0 radical (unpaired) electrons. The maximum absolute atomic E-state index is 12.4. The van der Waals surface area contributed by atoms with Gasteiger partial charge in [-0.2, -0.15) is 11.8 Å². The Bertz CT molecular complexity index is 699. The van der Waals surface area contributed by atoms with E-state index in [2.05, 4.69) is 10.5 Å². The van der Waals surface area contributed by atoms with Gasteiger partial charge in [0.15, 0.2) is 17.3 Å². The van der Waals surface area contributed by atoms with Crippen LogP contribution in [0.4, 0.5) is 0 Å². The summed E-state index contributed by atoms with van der Waals surface area (Å²) in [6, 6.07) is 5.41. The molecule has 7 heteroatoms. The second-order valence-corrected chi connectivity index (χ2v) is 5.77. The highest BCUT2D eigenvalue weighted by Gasteiger charge is 2.23. The Morgan fingerprint density at radius 3 is 3.00 bits per heavy atom. The van der Waals surface area contributed by atoms with Crippen LogP contribution in [0.5, 0.6) is 11.5 Å². The van der Waals surface area contributed by atoms with Gasteiger partial charge >= 0.3 is 0 Å². The van der Waals surface area contributed by atoms with Gasteiger partial charge in [-0.15, -0.1) is 0 Å². The molecule has 2 heterocycles. The summed E-state index contributed by atoms with van der Waals surface area (Å²) in [5.41, 5.74) is 1.76. The Hall–Kier alpha value is -2.15. The number of aryl methyl sites for hydroxylation is 1. The summed E-state index contributed by atoms with van der Waals surface area (Å²) in [5.74, 6) is 2.44. The molecule has 0 fully saturated rings. The molecule has 6 nitrogen and oxygen atoms in total. The summed E-state index contributed by atoms with van der Waals surface area (Å²) >= 11 is 1.67. The van der Waals surface area contributed by atoms with E-state index in [1.54, 1.807) is 30.8 Å². The Kier molecular flexibility index (Phi) is 4.24. The number of thioether (sulfide) groups is 1. The maximum Gasteiger partial charge on any atom is 0.257 e. The number of nitrogens with one attached hydrogen (secondary N) is 1. The molecule has 0 unspecified atom stereocenters. The van der Waals surface area contributed by atoms with Gasteiger partial charge in [-0.3, -0.25) is 4.79 Å². The molecule has 0 atom stereocenters. The minimum absolute atomic E-state index is 0.180. The molecular formula is C15H16N2O4S. The van der Waals surface area contributed by atoms with Crippen LogP contribution in [0.1, 0.15) is 16.1 Å². The van der Waals surface area contributed by atoms with E-state index in [9.17, 15) is 4.79 Å². The van der Waals surface area contributed by atoms with E-state index < -0.39 is 0 Å². The summed E-state index contributed by atoms with van der Waals surface area (Å²) in [4.78, 5) is 12.4. The van der Waals surface area contributed by atoms with Crippen molar-refractivity contribution in [1.82, 2.24) is 10.5 Å². The summed E-state index contributed by atoms with van der Waals surface area (Å²) in [5, 5.41) is 6.80. The van der Waals surface area contributed by atoms with Crippen LogP contribution in [0.15, 0.2) is 22.7 Å². The first-order valence-electron chi connectivity index (χ1n) is 6.84. The van der Waals surface area contributed by atoms with E-state index >= 15 is 0 Å². The normalized spacial score (nSPS) is 12.5. The van der Waals surface area contributed by atoms with Crippen LogP contribution < -0.4 is 14.8 Å². The van der Waals surface area contributed by atoms with Crippen LogP contribution in [-0.2, 0) is 0 Å². The molecule has 1 amide bonds. The zero-order valence-electron chi connectivity index (χ0n) is 12.3. The van der Waals surface area contributed by atoms with Gasteiger partial charge < -0.3 is 19.3 Å². The van der Waals surface area contributed by atoms with Crippen LogP contribution >= 0.6 is 11.8 Å². The number of nitrogens with zero attached hydrogens (tertiary/aromatic N) is 1. The molecule has 1 aliphatic heterocycles. The number of hydrogen-bond donors (Lipinski definition) is 1. The molecule has 3 rings (SSSR count). The number of fused-ring (bicyclic) bond motifs is 1. The van der Waals surface area contributed by atoms with Gasteiger partial charge in [0.05, 0.1) is 5.69 Å². The summed E-state index contributed by atoms with van der Waals surface area (Å²) in [6.45, 7) is 2.56. The van der Waals surface area contributed by atoms with Crippen LogP contribution in [0.3, 0.4) is 0 Å². The molecule has 0 aliphatic carbocycles. The van der Waals surface area contributed by atoms with E-state index in [0.29, 0.717) is 35.1 Å². The fourth-order valence-electron chi connectivity index (χ4n) is 2.23. The van der Waals surface area contributed by atoms with Gasteiger partial charge in [-0.05, 0) is 31.4 Å². The number of ether oxygens (including phenoxy) is 2. The van der Waals surface area contributed by atoms with Crippen molar-refractivity contribution >= 4 is 17.7 Å². The van der Waals surface area contributed by atoms with Crippen molar-refractivity contribution in [3.8, 4) is 22.8 Å². The van der Waals surface area contributed by atoms with E-state index in [1.807, 2.05) is 12.3 Å². The molecule has 0 saturated heterocycles. The van der Waals surface area contributed by atoms with Crippen molar-refractivity contribution < 1.29 is 18.8 Å². The molecule has 0 bridgehead atoms. The Labute approximate surface area is 132 Å². The van der Waals surface area contributed by atoms with Gasteiger partial charge in [0.25, 0.3) is 5.91 Å². The van der Waals surface area contributed by atoms with Crippen molar-refractivity contribution in [2.24, 2.45) is 0 Å².